The highest BCUT2D eigenvalue weighted by Gasteiger charge is 2.15. The summed E-state index contributed by atoms with van der Waals surface area (Å²) in [4.78, 5) is 6.16. The molecular weight excluding hydrogens is 263 g/mol. The molecule has 0 saturated heterocycles. The summed E-state index contributed by atoms with van der Waals surface area (Å²) >= 11 is 5.95. The molecule has 2 rings (SSSR count). The van der Waals surface area contributed by atoms with E-state index in [0.29, 0.717) is 18.1 Å². The number of para-hydroxylation sites is 1. The molecule has 0 spiro atoms. The average molecular weight is 279 g/mol. The summed E-state index contributed by atoms with van der Waals surface area (Å²) in [6.07, 6.45) is 1.75. The van der Waals surface area contributed by atoms with Crippen molar-refractivity contribution in [3.05, 3.63) is 53.6 Å². The largest absolute Gasteiger partial charge is 0.339 e. The smallest absolute Gasteiger partial charge is 0.146 e. The van der Waals surface area contributed by atoms with Gasteiger partial charge in [0.15, 0.2) is 0 Å². The van der Waals surface area contributed by atoms with E-state index in [1.165, 1.54) is 6.07 Å². The molecule has 2 aromatic rings. The van der Waals surface area contributed by atoms with Crippen LogP contribution in [0.4, 0.5) is 15.8 Å². The molecule has 0 aliphatic carbocycles. The number of aromatic nitrogens is 1. The fraction of sp³-hybridized carbons (Fsp3) is 0.267. The monoisotopic (exact) mass is 278 g/mol. The lowest BCUT2D eigenvalue weighted by molar-refractivity contribution is 0.625. The third-order valence-electron chi connectivity index (χ3n) is 2.99. The van der Waals surface area contributed by atoms with Crippen LogP contribution >= 0.6 is 11.6 Å². The molecule has 0 atom stereocenters. The number of anilines is 2. The Kier molecular flexibility index (Phi) is 4.38. The highest BCUT2D eigenvalue weighted by molar-refractivity contribution is 6.17. The Labute approximate surface area is 117 Å². The first-order valence-corrected chi connectivity index (χ1v) is 6.74. The Balaban J connectivity index is 2.54. The molecule has 0 N–H and O–H groups in total. The van der Waals surface area contributed by atoms with Gasteiger partial charge in [0, 0.05) is 29.7 Å². The van der Waals surface area contributed by atoms with Gasteiger partial charge < -0.3 is 4.90 Å². The van der Waals surface area contributed by atoms with Gasteiger partial charge in [0.25, 0.3) is 0 Å². The van der Waals surface area contributed by atoms with Gasteiger partial charge in [0.2, 0.25) is 0 Å². The van der Waals surface area contributed by atoms with Gasteiger partial charge in [-0.15, -0.1) is 11.6 Å². The SMILES string of the molecule is CCN(c1ccccc1F)c1cc(C)ncc1CCl. The van der Waals surface area contributed by atoms with Gasteiger partial charge in [-0.25, -0.2) is 4.39 Å². The molecule has 1 heterocycles. The van der Waals surface area contributed by atoms with Crippen LogP contribution in [0.25, 0.3) is 0 Å². The quantitative estimate of drug-likeness (QED) is 0.769. The Morgan fingerprint density at radius 3 is 2.63 bits per heavy atom. The number of rotatable bonds is 4. The van der Waals surface area contributed by atoms with E-state index in [4.69, 9.17) is 11.6 Å². The third kappa shape index (κ3) is 2.87. The minimum atomic E-state index is -0.237. The lowest BCUT2D eigenvalue weighted by atomic mass is 10.1. The fourth-order valence-electron chi connectivity index (χ4n) is 2.07. The minimum absolute atomic E-state index is 0.237. The van der Waals surface area contributed by atoms with E-state index in [-0.39, 0.29) is 5.82 Å². The Morgan fingerprint density at radius 1 is 1.26 bits per heavy atom. The summed E-state index contributed by atoms with van der Waals surface area (Å²) in [5, 5.41) is 0. The van der Waals surface area contributed by atoms with Crippen LogP contribution in [0.15, 0.2) is 36.5 Å². The Morgan fingerprint density at radius 2 is 2.00 bits per heavy atom. The Bertz CT molecular complexity index is 572. The van der Waals surface area contributed by atoms with Crippen molar-refractivity contribution >= 4 is 23.0 Å². The molecule has 0 bridgehead atoms. The predicted molar refractivity (Wildman–Crippen MR) is 77.6 cm³/mol. The van der Waals surface area contributed by atoms with E-state index in [1.807, 2.05) is 30.9 Å². The summed E-state index contributed by atoms with van der Waals surface area (Å²) in [7, 11) is 0. The van der Waals surface area contributed by atoms with Crippen molar-refractivity contribution in [2.45, 2.75) is 19.7 Å². The molecule has 1 aromatic carbocycles. The molecule has 19 heavy (non-hydrogen) atoms. The summed E-state index contributed by atoms with van der Waals surface area (Å²) < 4.78 is 14.0. The molecule has 0 unspecified atom stereocenters. The number of aryl methyl sites for hydroxylation is 1. The molecule has 2 nitrogen and oxygen atoms in total. The molecule has 4 heteroatoms. The summed E-state index contributed by atoms with van der Waals surface area (Å²) in [6, 6.07) is 8.69. The van der Waals surface area contributed by atoms with E-state index in [1.54, 1.807) is 18.3 Å². The van der Waals surface area contributed by atoms with Gasteiger partial charge in [-0.2, -0.15) is 0 Å². The van der Waals surface area contributed by atoms with E-state index in [2.05, 4.69) is 4.98 Å². The highest BCUT2D eigenvalue weighted by Crippen LogP contribution is 2.31. The number of alkyl halides is 1. The molecule has 1 aromatic heterocycles. The summed E-state index contributed by atoms with van der Waals surface area (Å²) in [5.74, 6) is 0.118. The van der Waals surface area contributed by atoms with Gasteiger partial charge in [-0.3, -0.25) is 4.98 Å². The molecule has 0 aliphatic heterocycles. The first-order valence-electron chi connectivity index (χ1n) is 6.21. The second-order valence-corrected chi connectivity index (χ2v) is 4.55. The van der Waals surface area contributed by atoms with Gasteiger partial charge >= 0.3 is 0 Å². The van der Waals surface area contributed by atoms with Crippen molar-refractivity contribution in [3.8, 4) is 0 Å². The zero-order valence-corrected chi connectivity index (χ0v) is 11.8. The van der Waals surface area contributed by atoms with Gasteiger partial charge in [0.05, 0.1) is 11.6 Å². The van der Waals surface area contributed by atoms with Crippen LogP contribution < -0.4 is 4.90 Å². The maximum atomic E-state index is 14.0. The van der Waals surface area contributed by atoms with Crippen LogP contribution in [0.3, 0.4) is 0 Å². The van der Waals surface area contributed by atoms with Crippen LogP contribution in [-0.2, 0) is 5.88 Å². The summed E-state index contributed by atoms with van der Waals surface area (Å²) in [5.41, 5.74) is 3.26. The second kappa shape index (κ2) is 6.02. The molecule has 0 saturated carbocycles. The zero-order chi connectivity index (χ0) is 13.8. The number of hydrogen-bond donors (Lipinski definition) is 0. The molecule has 0 amide bonds. The van der Waals surface area contributed by atoms with Crippen LogP contribution in [-0.4, -0.2) is 11.5 Å². The molecule has 0 radical (unpaired) electrons. The van der Waals surface area contributed by atoms with E-state index < -0.39 is 0 Å². The van der Waals surface area contributed by atoms with Crippen molar-refractivity contribution in [1.82, 2.24) is 4.98 Å². The number of halogens is 2. The maximum Gasteiger partial charge on any atom is 0.146 e. The van der Waals surface area contributed by atoms with Crippen molar-refractivity contribution in [2.24, 2.45) is 0 Å². The van der Waals surface area contributed by atoms with Gasteiger partial charge in [-0.05, 0) is 32.0 Å². The van der Waals surface area contributed by atoms with Crippen LogP contribution in [0, 0.1) is 12.7 Å². The maximum absolute atomic E-state index is 14.0. The van der Waals surface area contributed by atoms with Crippen molar-refractivity contribution in [1.29, 1.82) is 0 Å². The van der Waals surface area contributed by atoms with E-state index in [9.17, 15) is 4.39 Å². The number of benzene rings is 1. The van der Waals surface area contributed by atoms with Crippen LogP contribution in [0.5, 0.6) is 0 Å². The average Bonchev–Trinajstić information content (AvgIpc) is 2.42. The number of nitrogens with zero attached hydrogens (tertiary/aromatic N) is 2. The first kappa shape index (κ1) is 13.8. The molecular formula is C15H16ClFN2. The van der Waals surface area contributed by atoms with Gasteiger partial charge in [-0.1, -0.05) is 12.1 Å². The van der Waals surface area contributed by atoms with Crippen molar-refractivity contribution in [3.63, 3.8) is 0 Å². The Hall–Kier alpha value is -1.61. The second-order valence-electron chi connectivity index (χ2n) is 4.28. The van der Waals surface area contributed by atoms with Gasteiger partial charge in [0.1, 0.15) is 5.82 Å². The van der Waals surface area contributed by atoms with E-state index >= 15 is 0 Å². The zero-order valence-electron chi connectivity index (χ0n) is 11.0. The summed E-state index contributed by atoms with van der Waals surface area (Å²) in [6.45, 7) is 4.56. The van der Waals surface area contributed by atoms with Crippen LogP contribution in [0.2, 0.25) is 0 Å². The van der Waals surface area contributed by atoms with Crippen molar-refractivity contribution in [2.75, 3.05) is 11.4 Å². The fourth-order valence-corrected chi connectivity index (χ4v) is 2.27. The lowest BCUT2D eigenvalue weighted by Gasteiger charge is -2.26. The third-order valence-corrected chi connectivity index (χ3v) is 3.28. The first-order chi connectivity index (χ1) is 9.17. The van der Waals surface area contributed by atoms with Crippen molar-refractivity contribution < 1.29 is 4.39 Å². The molecule has 100 valence electrons. The topological polar surface area (TPSA) is 16.1 Å². The minimum Gasteiger partial charge on any atom is -0.339 e. The molecule has 0 fully saturated rings. The lowest BCUT2D eigenvalue weighted by Crippen LogP contribution is -2.19. The van der Waals surface area contributed by atoms with Crippen LogP contribution in [0.1, 0.15) is 18.2 Å². The molecule has 0 aliphatic rings. The standard InChI is InChI=1S/C15H16ClFN2/c1-3-19(14-7-5-4-6-13(14)17)15-8-11(2)18-10-12(15)9-16/h4-8,10H,3,9H2,1-2H3. The highest BCUT2D eigenvalue weighted by atomic mass is 35.5. The number of hydrogen-bond acceptors (Lipinski definition) is 2. The normalized spacial score (nSPS) is 10.5. The van der Waals surface area contributed by atoms with E-state index in [0.717, 1.165) is 16.9 Å². The number of pyridine rings is 1. The predicted octanol–water partition coefficient (Wildman–Crippen LogP) is 4.43.